The van der Waals surface area contributed by atoms with Gasteiger partial charge in [-0.05, 0) is 63.8 Å². The topological polar surface area (TPSA) is 6.48 Å². The van der Waals surface area contributed by atoms with Crippen molar-refractivity contribution in [3.05, 3.63) is 59.2 Å². The van der Waals surface area contributed by atoms with Crippen molar-refractivity contribution in [1.29, 1.82) is 0 Å². The predicted molar refractivity (Wildman–Crippen MR) is 158 cm³/mol. The third kappa shape index (κ3) is 12.2. The summed E-state index contributed by atoms with van der Waals surface area (Å²) in [5, 5.41) is 0. The zero-order valence-electron chi connectivity index (χ0n) is 25.2. The molecule has 0 aliphatic carbocycles. The van der Waals surface area contributed by atoms with Gasteiger partial charge in [-0.2, -0.15) is 0 Å². The fourth-order valence-corrected chi connectivity index (χ4v) is 3.54. The number of fused-ring (bicyclic) bond motifs is 1. The molecule has 1 aliphatic rings. The molecule has 2 aromatic rings. The second-order valence-electron chi connectivity index (χ2n) is 8.27. The van der Waals surface area contributed by atoms with Crippen LogP contribution in [-0.2, 0) is 0 Å². The number of anilines is 2. The Balaban J connectivity index is -0.000000436. The lowest BCUT2D eigenvalue weighted by atomic mass is 9.80. The van der Waals surface area contributed by atoms with Gasteiger partial charge in [0.05, 0.1) is 0 Å². The van der Waals surface area contributed by atoms with Crippen LogP contribution in [0.5, 0.6) is 0 Å². The number of rotatable bonds is 1. The van der Waals surface area contributed by atoms with E-state index in [1.54, 1.807) is 0 Å². The van der Waals surface area contributed by atoms with E-state index in [0.717, 1.165) is 0 Å². The van der Waals surface area contributed by atoms with E-state index in [0.29, 0.717) is 5.92 Å². The van der Waals surface area contributed by atoms with Gasteiger partial charge in [0, 0.05) is 38.1 Å². The molecule has 0 fully saturated rings. The van der Waals surface area contributed by atoms with E-state index in [-0.39, 0.29) is 5.54 Å². The van der Waals surface area contributed by atoms with Crippen molar-refractivity contribution in [2.45, 2.75) is 108 Å². The molecule has 33 heavy (non-hydrogen) atoms. The Hall–Kier alpha value is -1.96. The van der Waals surface area contributed by atoms with Crippen LogP contribution in [0.1, 0.15) is 105 Å². The molecule has 2 nitrogen and oxygen atoms in total. The molecule has 0 bridgehead atoms. The molecule has 1 atom stereocenters. The maximum atomic E-state index is 2.42. The van der Waals surface area contributed by atoms with E-state index in [1.165, 1.54) is 34.5 Å². The molecule has 192 valence electrons. The summed E-state index contributed by atoms with van der Waals surface area (Å²) in [6.45, 7) is 27.3. The van der Waals surface area contributed by atoms with Crippen molar-refractivity contribution in [1.82, 2.24) is 0 Å². The van der Waals surface area contributed by atoms with Gasteiger partial charge in [0.25, 0.3) is 0 Å². The van der Waals surface area contributed by atoms with Crippen molar-refractivity contribution < 1.29 is 0 Å². The van der Waals surface area contributed by atoms with E-state index in [1.807, 2.05) is 69.5 Å². The fourth-order valence-electron chi connectivity index (χ4n) is 3.54. The molecule has 1 aliphatic heterocycles. The van der Waals surface area contributed by atoms with E-state index in [4.69, 9.17) is 0 Å². The third-order valence-electron chi connectivity index (χ3n) is 5.34. The number of benzene rings is 2. The smallest absolute Gasteiger partial charge is 0.0403 e. The molecular formula is C31H58N2. The Morgan fingerprint density at radius 1 is 0.758 bits per heavy atom. The summed E-state index contributed by atoms with van der Waals surface area (Å²) in [7, 11) is 6.30. The van der Waals surface area contributed by atoms with E-state index < -0.39 is 0 Å². The Labute approximate surface area is 209 Å². The molecule has 0 aromatic heterocycles. The Bertz CT molecular complexity index is 699. The van der Waals surface area contributed by atoms with Gasteiger partial charge in [-0.1, -0.05) is 97.7 Å². The second kappa shape index (κ2) is 19.5. The lowest BCUT2D eigenvalue weighted by molar-refractivity contribution is 0.395. The van der Waals surface area contributed by atoms with Crippen LogP contribution in [0.15, 0.2) is 42.5 Å². The molecule has 2 aromatic carbocycles. The molecule has 1 heterocycles. The summed E-state index contributed by atoms with van der Waals surface area (Å²) in [6.07, 6.45) is 1.24. The molecule has 2 heteroatoms. The number of hydrogen-bond acceptors (Lipinski definition) is 2. The summed E-state index contributed by atoms with van der Waals surface area (Å²) < 4.78 is 0. The highest BCUT2D eigenvalue weighted by atomic mass is 15.2. The number of hydrogen-bond donors (Lipinski definition) is 0. The molecule has 0 amide bonds. The van der Waals surface area contributed by atoms with Crippen LogP contribution in [0, 0.1) is 13.8 Å². The van der Waals surface area contributed by atoms with E-state index >= 15 is 0 Å². The first kappa shape index (κ1) is 35.6. The highest BCUT2D eigenvalue weighted by Gasteiger charge is 2.33. The van der Waals surface area contributed by atoms with Crippen LogP contribution >= 0.6 is 0 Å². The van der Waals surface area contributed by atoms with Crippen LogP contribution < -0.4 is 9.80 Å². The summed E-state index contributed by atoms with van der Waals surface area (Å²) >= 11 is 0. The lowest BCUT2D eigenvalue weighted by Gasteiger charge is -2.45. The molecule has 0 saturated heterocycles. The van der Waals surface area contributed by atoms with Gasteiger partial charge in [-0.25, -0.2) is 0 Å². The van der Waals surface area contributed by atoms with Crippen LogP contribution in [0.25, 0.3) is 0 Å². The first-order valence-electron chi connectivity index (χ1n) is 13.2. The Morgan fingerprint density at radius 2 is 1.18 bits per heavy atom. The summed E-state index contributed by atoms with van der Waals surface area (Å²) in [5.74, 6) is 0.672. The zero-order chi connectivity index (χ0) is 26.8. The summed E-state index contributed by atoms with van der Waals surface area (Å²) in [5.41, 5.74) is 7.13. The molecular weight excluding hydrogens is 400 g/mol. The fraction of sp³-hybridized carbons (Fsp3) is 0.613. The molecule has 0 N–H and O–H groups in total. The average molecular weight is 459 g/mol. The van der Waals surface area contributed by atoms with Gasteiger partial charge < -0.3 is 9.80 Å². The number of aryl methyl sites for hydroxylation is 2. The van der Waals surface area contributed by atoms with Crippen LogP contribution in [0.3, 0.4) is 0 Å². The predicted octanol–water partition coefficient (Wildman–Crippen LogP) is 9.88. The maximum Gasteiger partial charge on any atom is 0.0403 e. The maximum absolute atomic E-state index is 2.42. The molecule has 3 rings (SSSR count). The minimum Gasteiger partial charge on any atom is -0.378 e. The van der Waals surface area contributed by atoms with Gasteiger partial charge in [-0.15, -0.1) is 0 Å². The summed E-state index contributed by atoms with van der Waals surface area (Å²) in [6, 6.07) is 15.3. The van der Waals surface area contributed by atoms with E-state index in [2.05, 4.69) is 93.9 Å². The highest BCUT2D eigenvalue weighted by Crippen LogP contribution is 2.42. The van der Waals surface area contributed by atoms with Gasteiger partial charge >= 0.3 is 0 Å². The number of nitrogens with zero attached hydrogens (tertiary/aromatic N) is 2. The van der Waals surface area contributed by atoms with Crippen molar-refractivity contribution >= 4 is 11.4 Å². The highest BCUT2D eigenvalue weighted by molar-refractivity contribution is 5.59. The van der Waals surface area contributed by atoms with E-state index in [9.17, 15) is 0 Å². The average Bonchev–Trinajstić information content (AvgIpc) is 2.83. The molecule has 0 spiro atoms. The normalized spacial score (nSPS) is 14.4. The Morgan fingerprint density at radius 3 is 1.61 bits per heavy atom. The molecule has 0 radical (unpaired) electrons. The van der Waals surface area contributed by atoms with Crippen molar-refractivity contribution in [3.63, 3.8) is 0 Å². The van der Waals surface area contributed by atoms with Gasteiger partial charge in [-0.3, -0.25) is 0 Å². The largest absolute Gasteiger partial charge is 0.378 e. The quantitative estimate of drug-likeness (QED) is 0.419. The first-order chi connectivity index (χ1) is 15.6. The monoisotopic (exact) mass is 458 g/mol. The van der Waals surface area contributed by atoms with Gasteiger partial charge in [0.2, 0.25) is 0 Å². The van der Waals surface area contributed by atoms with Crippen LogP contribution in [-0.4, -0.2) is 26.7 Å². The van der Waals surface area contributed by atoms with Gasteiger partial charge in [0.15, 0.2) is 0 Å². The van der Waals surface area contributed by atoms with Gasteiger partial charge in [0.1, 0.15) is 0 Å². The molecule has 1 unspecified atom stereocenters. The SMILES string of the molecule is CC.CC.CC.CC.Cc1ccc(N(C)C)cc1.Cc1ccc2c(c1)C(C)CC(C)(C)N2C. The van der Waals surface area contributed by atoms with Crippen LogP contribution in [0.2, 0.25) is 0 Å². The van der Waals surface area contributed by atoms with Crippen molar-refractivity contribution in [2.75, 3.05) is 30.9 Å². The standard InChI is InChI=1S/C14H21N.C9H13N.4C2H6/c1-10-6-7-13-12(8-10)11(2)9-14(3,4)15(13)5;1-8-4-6-9(7-5-8)10(2)3;4*1-2/h6-8,11H,9H2,1-5H3;4-7H,1-3H3;4*1-2H3. The minimum atomic E-state index is 0.279. The van der Waals surface area contributed by atoms with Crippen molar-refractivity contribution in [3.8, 4) is 0 Å². The zero-order valence-corrected chi connectivity index (χ0v) is 25.2. The van der Waals surface area contributed by atoms with Crippen molar-refractivity contribution in [2.24, 2.45) is 0 Å². The molecule has 0 saturated carbocycles. The van der Waals surface area contributed by atoms with Crippen LogP contribution in [0.4, 0.5) is 11.4 Å². The second-order valence-corrected chi connectivity index (χ2v) is 8.27. The minimum absolute atomic E-state index is 0.279. The summed E-state index contributed by atoms with van der Waals surface area (Å²) in [4.78, 5) is 4.52. The Kier molecular flexibility index (Phi) is 21.1. The first-order valence-corrected chi connectivity index (χ1v) is 13.2. The third-order valence-corrected chi connectivity index (χ3v) is 5.34. The lowest BCUT2D eigenvalue weighted by Crippen LogP contribution is -2.45.